The van der Waals surface area contributed by atoms with Crippen molar-refractivity contribution >= 4 is 35.4 Å². The third-order valence-corrected chi connectivity index (χ3v) is 5.65. The molecule has 0 aliphatic rings. The Morgan fingerprint density at radius 2 is 1.92 bits per heavy atom. The van der Waals surface area contributed by atoms with Crippen LogP contribution >= 0.6 is 11.8 Å². The van der Waals surface area contributed by atoms with Gasteiger partial charge in [0.2, 0.25) is 11.7 Å². The Kier molecular flexibility index (Phi) is 13.5. The number of carbonyl (C=O) groups excluding carboxylic acids is 3. The van der Waals surface area contributed by atoms with E-state index in [-0.39, 0.29) is 47.6 Å². The summed E-state index contributed by atoms with van der Waals surface area (Å²) in [5.74, 6) is -0.551. The summed E-state index contributed by atoms with van der Waals surface area (Å²) in [6.07, 6.45) is -0.288. The summed E-state index contributed by atoms with van der Waals surface area (Å²) in [5.41, 5.74) is 4.63. The van der Waals surface area contributed by atoms with E-state index in [0.717, 1.165) is 0 Å². The first-order chi connectivity index (χ1) is 17.4. The lowest BCUT2D eigenvalue weighted by atomic mass is 10.1. The Labute approximate surface area is 220 Å². The molecule has 0 radical (unpaired) electrons. The second-order valence-corrected chi connectivity index (χ2v) is 9.72. The minimum absolute atomic E-state index is 0.0497. The first-order valence-electron chi connectivity index (χ1n) is 11.5. The normalized spacial score (nSPS) is 11.7. The van der Waals surface area contributed by atoms with Gasteiger partial charge in [0.1, 0.15) is 11.6 Å². The van der Waals surface area contributed by atoms with Crippen LogP contribution in [0.25, 0.3) is 0 Å². The van der Waals surface area contributed by atoms with Crippen molar-refractivity contribution < 1.29 is 38.3 Å². The molecule has 4 N–H and O–H groups in total. The second kappa shape index (κ2) is 15.8. The zero-order valence-electron chi connectivity index (χ0n) is 21.8. The van der Waals surface area contributed by atoms with Crippen LogP contribution < -0.4 is 25.8 Å². The number of rotatable bonds is 15. The summed E-state index contributed by atoms with van der Waals surface area (Å²) in [7, 11) is 2.56. The van der Waals surface area contributed by atoms with Crippen LogP contribution in [0, 0.1) is 10.1 Å². The highest BCUT2D eigenvalue weighted by atomic mass is 32.2. The molecule has 0 spiro atoms. The van der Waals surface area contributed by atoms with Crippen molar-refractivity contribution in [2.24, 2.45) is 5.73 Å². The first kappa shape index (κ1) is 31.8. The van der Waals surface area contributed by atoms with Crippen molar-refractivity contribution in [1.82, 2.24) is 10.6 Å². The number of nitrogens with zero attached hydrogens (tertiary/aromatic N) is 1. The summed E-state index contributed by atoms with van der Waals surface area (Å²) in [6.45, 7) is 5.81. The van der Waals surface area contributed by atoms with Crippen LogP contribution in [0.3, 0.4) is 0 Å². The van der Waals surface area contributed by atoms with Gasteiger partial charge in [0, 0.05) is 36.6 Å². The SMILES string of the molecule is COC(=O)C(CSCc1ccc(OC)c(OCCCC(=O)NCCN)c1[N+](=O)[O-])NC(=O)OC(C)(C)C. The van der Waals surface area contributed by atoms with Gasteiger partial charge in [-0.25, -0.2) is 9.59 Å². The molecule has 1 aromatic carbocycles. The van der Waals surface area contributed by atoms with Gasteiger partial charge in [-0.2, -0.15) is 11.8 Å². The lowest BCUT2D eigenvalue weighted by Gasteiger charge is -2.22. The van der Waals surface area contributed by atoms with Crippen molar-refractivity contribution in [3.8, 4) is 11.5 Å². The Balaban J connectivity index is 2.93. The fraction of sp³-hybridized carbons (Fsp3) is 0.609. The van der Waals surface area contributed by atoms with Gasteiger partial charge in [-0.15, -0.1) is 0 Å². The summed E-state index contributed by atoms with van der Waals surface area (Å²) < 4.78 is 20.8. The fourth-order valence-electron chi connectivity index (χ4n) is 2.96. The molecular formula is C23H36N4O9S. The van der Waals surface area contributed by atoms with E-state index >= 15 is 0 Å². The van der Waals surface area contributed by atoms with Gasteiger partial charge in [-0.1, -0.05) is 0 Å². The number of nitro benzene ring substituents is 1. The zero-order chi connectivity index (χ0) is 28.0. The molecule has 208 valence electrons. The van der Waals surface area contributed by atoms with E-state index in [1.165, 1.54) is 32.0 Å². The van der Waals surface area contributed by atoms with Gasteiger partial charge in [-0.05, 0) is 39.3 Å². The smallest absolute Gasteiger partial charge is 0.408 e. The molecule has 0 fully saturated rings. The molecule has 1 atom stereocenters. The van der Waals surface area contributed by atoms with E-state index in [1.807, 2.05) is 0 Å². The highest BCUT2D eigenvalue weighted by Gasteiger charge is 2.28. The summed E-state index contributed by atoms with van der Waals surface area (Å²) in [5, 5.41) is 17.0. The van der Waals surface area contributed by atoms with E-state index in [1.54, 1.807) is 26.8 Å². The van der Waals surface area contributed by atoms with E-state index in [4.69, 9.17) is 24.7 Å². The third-order valence-electron chi connectivity index (χ3n) is 4.56. The first-order valence-corrected chi connectivity index (χ1v) is 12.7. The van der Waals surface area contributed by atoms with Crippen molar-refractivity contribution in [2.45, 2.75) is 51.0 Å². The van der Waals surface area contributed by atoms with Crippen LogP contribution in [0.1, 0.15) is 39.2 Å². The lowest BCUT2D eigenvalue weighted by Crippen LogP contribution is -2.45. The highest BCUT2D eigenvalue weighted by Crippen LogP contribution is 2.41. The number of benzene rings is 1. The van der Waals surface area contributed by atoms with Crippen molar-refractivity contribution in [3.05, 3.63) is 27.8 Å². The third kappa shape index (κ3) is 11.6. The number of alkyl carbamates (subject to hydrolysis) is 1. The van der Waals surface area contributed by atoms with E-state index in [0.29, 0.717) is 25.1 Å². The number of hydrogen-bond acceptors (Lipinski definition) is 11. The molecule has 1 unspecified atom stereocenters. The molecule has 14 heteroatoms. The monoisotopic (exact) mass is 544 g/mol. The fourth-order valence-corrected chi connectivity index (χ4v) is 3.99. The molecule has 0 aliphatic heterocycles. The number of esters is 1. The van der Waals surface area contributed by atoms with E-state index in [9.17, 15) is 24.5 Å². The predicted molar refractivity (Wildman–Crippen MR) is 138 cm³/mol. The number of thioether (sulfide) groups is 1. The van der Waals surface area contributed by atoms with Crippen LogP contribution in [0.4, 0.5) is 10.5 Å². The molecule has 0 saturated heterocycles. The van der Waals surface area contributed by atoms with Crippen LogP contribution in [-0.4, -0.2) is 74.2 Å². The van der Waals surface area contributed by atoms with Gasteiger partial charge < -0.3 is 35.3 Å². The molecule has 0 aliphatic carbocycles. The molecule has 37 heavy (non-hydrogen) atoms. The predicted octanol–water partition coefficient (Wildman–Crippen LogP) is 2.14. The molecule has 0 aromatic heterocycles. The van der Waals surface area contributed by atoms with Gasteiger partial charge in [0.15, 0.2) is 5.75 Å². The van der Waals surface area contributed by atoms with E-state index in [2.05, 4.69) is 10.6 Å². The highest BCUT2D eigenvalue weighted by molar-refractivity contribution is 7.98. The maximum Gasteiger partial charge on any atom is 0.408 e. The minimum Gasteiger partial charge on any atom is -0.493 e. The summed E-state index contributed by atoms with van der Waals surface area (Å²) in [4.78, 5) is 47.3. The Hall–Kier alpha value is -3.26. The van der Waals surface area contributed by atoms with Crippen LogP contribution in [0.2, 0.25) is 0 Å². The average Bonchev–Trinajstić information content (AvgIpc) is 2.82. The Bertz CT molecular complexity index is 938. The molecule has 13 nitrogen and oxygen atoms in total. The second-order valence-electron chi connectivity index (χ2n) is 8.69. The number of ether oxygens (including phenoxy) is 4. The molecule has 1 aromatic rings. The van der Waals surface area contributed by atoms with Crippen molar-refractivity contribution in [3.63, 3.8) is 0 Å². The molecule has 0 bridgehead atoms. The molecule has 2 amide bonds. The van der Waals surface area contributed by atoms with Crippen LogP contribution in [0.15, 0.2) is 12.1 Å². The molecule has 0 heterocycles. The standard InChI is InChI=1S/C23H36N4O9S/c1-23(2,3)36-22(30)26-16(21(29)34-5)14-37-13-15-8-9-17(33-4)20(19(15)27(31)32)35-12-6-7-18(28)25-11-10-24/h8-9,16H,6-7,10-14,24H2,1-5H3,(H,25,28)(H,26,30). The van der Waals surface area contributed by atoms with Crippen LogP contribution in [-0.2, 0) is 24.8 Å². The molecular weight excluding hydrogens is 508 g/mol. The topological polar surface area (TPSA) is 181 Å². The number of nitrogens with two attached hydrogens (primary N) is 1. The van der Waals surface area contributed by atoms with Gasteiger partial charge >= 0.3 is 17.7 Å². The number of nitrogens with one attached hydrogen (secondary N) is 2. The Morgan fingerprint density at radius 1 is 1.22 bits per heavy atom. The zero-order valence-corrected chi connectivity index (χ0v) is 22.6. The summed E-state index contributed by atoms with van der Waals surface area (Å²) >= 11 is 1.18. The Morgan fingerprint density at radius 3 is 2.49 bits per heavy atom. The van der Waals surface area contributed by atoms with E-state index < -0.39 is 28.6 Å². The lowest BCUT2D eigenvalue weighted by molar-refractivity contribution is -0.386. The number of carbonyl (C=O) groups is 3. The number of nitro groups is 1. The molecule has 0 saturated carbocycles. The van der Waals surface area contributed by atoms with Gasteiger partial charge in [-0.3, -0.25) is 14.9 Å². The number of amides is 2. The van der Waals surface area contributed by atoms with Gasteiger partial charge in [0.25, 0.3) is 0 Å². The average molecular weight is 545 g/mol. The summed E-state index contributed by atoms with van der Waals surface area (Å²) in [6, 6.07) is 2.05. The van der Waals surface area contributed by atoms with Crippen molar-refractivity contribution in [2.75, 3.05) is 39.7 Å². The minimum atomic E-state index is -1.02. The van der Waals surface area contributed by atoms with Crippen molar-refractivity contribution in [1.29, 1.82) is 0 Å². The number of hydrogen-bond donors (Lipinski definition) is 3. The van der Waals surface area contributed by atoms with Gasteiger partial charge in [0.05, 0.1) is 25.7 Å². The number of methoxy groups -OCH3 is 2. The largest absolute Gasteiger partial charge is 0.493 e. The maximum atomic E-state index is 12.1. The maximum absolute atomic E-state index is 12.1. The van der Waals surface area contributed by atoms with Crippen LogP contribution in [0.5, 0.6) is 11.5 Å². The quantitative estimate of drug-likeness (QED) is 0.127. The molecule has 1 rings (SSSR count).